The molecular formula is C15H21N4O3-. The summed E-state index contributed by atoms with van der Waals surface area (Å²) in [5, 5.41) is 14.5. The molecule has 0 aliphatic carbocycles. The van der Waals surface area contributed by atoms with Crippen molar-refractivity contribution in [1.82, 2.24) is 10.3 Å². The van der Waals surface area contributed by atoms with Crippen molar-refractivity contribution in [3.63, 3.8) is 0 Å². The highest BCUT2D eigenvalue weighted by atomic mass is 16.5. The molecule has 0 radical (unpaired) electrons. The van der Waals surface area contributed by atoms with Crippen molar-refractivity contribution < 1.29 is 9.59 Å². The predicted molar refractivity (Wildman–Crippen MR) is 84.6 cm³/mol. The van der Waals surface area contributed by atoms with E-state index in [9.17, 15) is 14.8 Å². The molecule has 22 heavy (non-hydrogen) atoms. The number of anilines is 2. The Kier molecular flexibility index (Phi) is 5.32. The zero-order chi connectivity index (χ0) is 16.1. The largest absolute Gasteiger partial charge is 0.758 e. The van der Waals surface area contributed by atoms with Crippen LogP contribution in [0.1, 0.15) is 31.2 Å². The molecular weight excluding hydrogens is 284 g/mol. The summed E-state index contributed by atoms with van der Waals surface area (Å²) in [6.07, 6.45) is 4.49. The molecule has 1 aromatic heterocycles. The van der Waals surface area contributed by atoms with E-state index in [0.29, 0.717) is 24.5 Å². The fourth-order valence-electron chi connectivity index (χ4n) is 2.51. The van der Waals surface area contributed by atoms with Crippen LogP contribution in [0.2, 0.25) is 0 Å². The second-order valence-corrected chi connectivity index (χ2v) is 5.54. The number of carbonyl (C=O) groups excluding carboxylic acids is 2. The molecule has 1 aliphatic heterocycles. The number of hydrogen-bond donors (Lipinski definition) is 1. The zero-order valence-corrected chi connectivity index (χ0v) is 13.0. The normalized spacial score (nSPS) is 17.1. The van der Waals surface area contributed by atoms with Crippen LogP contribution < -0.4 is 15.3 Å². The lowest BCUT2D eigenvalue weighted by Crippen LogP contribution is -2.41. The number of nitrogens with zero attached hydrogens (tertiary/aromatic N) is 3. The maximum Gasteiger partial charge on any atom is 0.246 e. The van der Waals surface area contributed by atoms with Gasteiger partial charge in [-0.1, -0.05) is 6.42 Å². The van der Waals surface area contributed by atoms with E-state index < -0.39 is 0 Å². The third-order valence-electron chi connectivity index (χ3n) is 3.64. The summed E-state index contributed by atoms with van der Waals surface area (Å²) in [5.41, 5.74) is 1.30. The molecule has 0 aromatic carbocycles. The molecule has 2 amide bonds. The second-order valence-electron chi connectivity index (χ2n) is 5.54. The number of hydroxylamine groups is 1. The summed E-state index contributed by atoms with van der Waals surface area (Å²) in [6, 6.07) is 1.75. The van der Waals surface area contributed by atoms with E-state index in [0.717, 1.165) is 29.9 Å². The van der Waals surface area contributed by atoms with Gasteiger partial charge in [-0.05, 0) is 38.4 Å². The topological polar surface area (TPSA) is 88.6 Å². The molecule has 1 aliphatic rings. The molecule has 2 heterocycles. The third kappa shape index (κ3) is 4.17. The van der Waals surface area contributed by atoms with E-state index in [2.05, 4.69) is 10.3 Å². The highest BCUT2D eigenvalue weighted by Gasteiger charge is 2.18. The number of nitrogens with one attached hydrogen (secondary N) is 1. The van der Waals surface area contributed by atoms with Gasteiger partial charge in [0.15, 0.2) is 0 Å². The van der Waals surface area contributed by atoms with Crippen LogP contribution in [0.25, 0.3) is 0 Å². The fraction of sp³-hybridized carbons (Fsp3) is 0.533. The van der Waals surface area contributed by atoms with Gasteiger partial charge in [-0.3, -0.25) is 14.9 Å². The monoisotopic (exact) mass is 305 g/mol. The van der Waals surface area contributed by atoms with Gasteiger partial charge < -0.3 is 15.2 Å². The smallest absolute Gasteiger partial charge is 0.246 e. The number of aromatic nitrogens is 1. The highest BCUT2D eigenvalue weighted by molar-refractivity contribution is 5.97. The van der Waals surface area contributed by atoms with Crippen LogP contribution in [0, 0.1) is 12.1 Å². The van der Waals surface area contributed by atoms with Gasteiger partial charge in [-0.25, -0.2) is 4.98 Å². The molecule has 120 valence electrons. The molecule has 2 rings (SSSR count). The minimum absolute atomic E-state index is 0.0894. The van der Waals surface area contributed by atoms with E-state index in [1.54, 1.807) is 6.07 Å². The maximum absolute atomic E-state index is 11.9. The highest BCUT2D eigenvalue weighted by Crippen LogP contribution is 2.22. The molecule has 1 N–H and O–H groups in total. The van der Waals surface area contributed by atoms with Crippen LogP contribution in [0.5, 0.6) is 0 Å². The fourth-order valence-corrected chi connectivity index (χ4v) is 2.51. The van der Waals surface area contributed by atoms with Crippen molar-refractivity contribution in [1.29, 1.82) is 0 Å². The van der Waals surface area contributed by atoms with Crippen LogP contribution in [-0.2, 0) is 9.59 Å². The second kappa shape index (κ2) is 7.22. The van der Waals surface area contributed by atoms with Gasteiger partial charge in [0, 0.05) is 18.7 Å². The number of pyridine rings is 1. The first-order chi connectivity index (χ1) is 10.5. The molecule has 1 aromatic rings. The Bertz CT molecular complexity index is 560. The average Bonchev–Trinajstić information content (AvgIpc) is 2.45. The summed E-state index contributed by atoms with van der Waals surface area (Å²) in [6.45, 7) is 2.64. The Labute approximate surface area is 129 Å². The molecule has 7 nitrogen and oxygen atoms in total. The van der Waals surface area contributed by atoms with Gasteiger partial charge in [0.2, 0.25) is 11.8 Å². The standard InChI is InChI=1S/C15H21N4O3/c1-11-8-12(18(2)22)9-16-15(11)19-7-5-3-4-6-13(20)17-14(21)10-19/h8-9H,3-7,10H2,1-2H3,(H,17,20,21)/q-1. The van der Waals surface area contributed by atoms with Gasteiger partial charge >= 0.3 is 0 Å². The van der Waals surface area contributed by atoms with Crippen molar-refractivity contribution in [2.45, 2.75) is 32.6 Å². The molecule has 0 bridgehead atoms. The number of carbonyl (C=O) groups is 2. The van der Waals surface area contributed by atoms with E-state index >= 15 is 0 Å². The molecule has 0 spiro atoms. The van der Waals surface area contributed by atoms with Crippen LogP contribution in [-0.4, -0.2) is 36.9 Å². The zero-order valence-electron chi connectivity index (χ0n) is 13.0. The SMILES string of the molecule is Cc1cc(N(C)[O-])cnc1N1CCCCCC(=O)NC(=O)C1. The van der Waals surface area contributed by atoms with Crippen LogP contribution in [0.3, 0.4) is 0 Å². The van der Waals surface area contributed by atoms with Crippen molar-refractivity contribution in [3.8, 4) is 0 Å². The van der Waals surface area contributed by atoms with Gasteiger partial charge in [-0.15, -0.1) is 0 Å². The Morgan fingerprint density at radius 3 is 2.73 bits per heavy atom. The van der Waals surface area contributed by atoms with Crippen molar-refractivity contribution >= 4 is 23.3 Å². The average molecular weight is 305 g/mol. The minimum atomic E-state index is -0.321. The van der Waals surface area contributed by atoms with E-state index in [4.69, 9.17) is 0 Å². The minimum Gasteiger partial charge on any atom is -0.758 e. The number of imide groups is 1. The van der Waals surface area contributed by atoms with Crippen LogP contribution in [0.15, 0.2) is 12.3 Å². The lowest BCUT2D eigenvalue weighted by molar-refractivity contribution is -0.129. The Morgan fingerprint density at radius 2 is 2.05 bits per heavy atom. The Hall–Kier alpha value is -2.15. The van der Waals surface area contributed by atoms with E-state index in [1.165, 1.54) is 13.2 Å². The summed E-state index contributed by atoms with van der Waals surface area (Å²) in [7, 11) is 1.42. The number of rotatable bonds is 2. The number of amides is 2. The van der Waals surface area contributed by atoms with Crippen molar-refractivity contribution in [3.05, 3.63) is 23.0 Å². The van der Waals surface area contributed by atoms with E-state index in [-0.39, 0.29) is 18.4 Å². The van der Waals surface area contributed by atoms with Crippen molar-refractivity contribution in [2.75, 3.05) is 30.1 Å². The Balaban J connectivity index is 2.20. The van der Waals surface area contributed by atoms with Gasteiger partial charge in [0.05, 0.1) is 12.7 Å². The summed E-state index contributed by atoms with van der Waals surface area (Å²) < 4.78 is 0. The predicted octanol–water partition coefficient (Wildman–Crippen LogP) is 1.35. The lowest BCUT2D eigenvalue weighted by Gasteiger charge is -2.28. The molecule has 0 saturated carbocycles. The molecule has 7 heteroatoms. The molecule has 1 fully saturated rings. The van der Waals surface area contributed by atoms with Gasteiger partial charge in [0.1, 0.15) is 5.82 Å². The quantitative estimate of drug-likeness (QED) is 0.655. The summed E-state index contributed by atoms with van der Waals surface area (Å²) in [5.74, 6) is 0.131. The summed E-state index contributed by atoms with van der Waals surface area (Å²) in [4.78, 5) is 29.6. The van der Waals surface area contributed by atoms with Crippen molar-refractivity contribution in [2.24, 2.45) is 0 Å². The van der Waals surface area contributed by atoms with Gasteiger partial charge in [0.25, 0.3) is 0 Å². The Morgan fingerprint density at radius 1 is 1.27 bits per heavy atom. The van der Waals surface area contributed by atoms with Crippen LogP contribution >= 0.6 is 0 Å². The maximum atomic E-state index is 11.9. The van der Waals surface area contributed by atoms with E-state index in [1.807, 2.05) is 11.8 Å². The van der Waals surface area contributed by atoms with Crippen LogP contribution in [0.4, 0.5) is 11.5 Å². The van der Waals surface area contributed by atoms with Gasteiger partial charge in [-0.2, -0.15) is 0 Å². The molecule has 0 unspecified atom stereocenters. The first-order valence-corrected chi connectivity index (χ1v) is 7.42. The lowest BCUT2D eigenvalue weighted by atomic mass is 10.1. The summed E-state index contributed by atoms with van der Waals surface area (Å²) >= 11 is 0. The molecule has 1 saturated heterocycles. The first kappa shape index (κ1) is 16.2. The number of hydrogen-bond acceptors (Lipinski definition) is 6. The number of aryl methyl sites for hydroxylation is 1. The third-order valence-corrected chi connectivity index (χ3v) is 3.64. The first-order valence-electron chi connectivity index (χ1n) is 7.42. The molecule has 0 atom stereocenters.